The highest BCUT2D eigenvalue weighted by Gasteiger charge is 2.23. The molecule has 0 aliphatic carbocycles. The molecule has 0 aromatic heterocycles. The van der Waals surface area contributed by atoms with Crippen LogP contribution in [0.1, 0.15) is 18.4 Å². The van der Waals surface area contributed by atoms with Crippen molar-refractivity contribution in [3.05, 3.63) is 96.6 Å². The molecule has 1 aliphatic rings. The molecule has 1 saturated heterocycles. The standard InChI is InChI=1S/C12H17NO.C12H10/c14-10-12-7-4-8-13(12)9-11-5-2-1-3-6-11;1-3-7-11(8-4-1)12-9-5-2-6-10-12/h1-3,5-6,12,14H,4,7-10H2;1-10H. The third-order valence-electron chi connectivity index (χ3n) is 4.82. The van der Waals surface area contributed by atoms with E-state index in [2.05, 4.69) is 77.7 Å². The Morgan fingerprint density at radius 1 is 0.731 bits per heavy atom. The van der Waals surface area contributed by atoms with Crippen molar-refractivity contribution in [1.29, 1.82) is 0 Å². The predicted molar refractivity (Wildman–Crippen MR) is 109 cm³/mol. The summed E-state index contributed by atoms with van der Waals surface area (Å²) >= 11 is 0. The molecule has 0 spiro atoms. The van der Waals surface area contributed by atoms with E-state index in [1.807, 2.05) is 18.2 Å². The number of hydrogen-bond acceptors (Lipinski definition) is 2. The summed E-state index contributed by atoms with van der Waals surface area (Å²) in [7, 11) is 0. The van der Waals surface area contributed by atoms with Gasteiger partial charge in [0.05, 0.1) is 6.61 Å². The smallest absolute Gasteiger partial charge is 0.0587 e. The van der Waals surface area contributed by atoms with Gasteiger partial charge < -0.3 is 5.11 Å². The molecule has 3 aromatic carbocycles. The van der Waals surface area contributed by atoms with Crippen molar-refractivity contribution in [2.75, 3.05) is 13.2 Å². The van der Waals surface area contributed by atoms with Gasteiger partial charge >= 0.3 is 0 Å². The molecule has 1 heterocycles. The van der Waals surface area contributed by atoms with Gasteiger partial charge in [-0.3, -0.25) is 4.90 Å². The van der Waals surface area contributed by atoms with Gasteiger partial charge in [0.2, 0.25) is 0 Å². The summed E-state index contributed by atoms with van der Waals surface area (Å²) in [6, 6.07) is 31.6. The molecule has 1 atom stereocenters. The van der Waals surface area contributed by atoms with E-state index in [9.17, 15) is 5.11 Å². The minimum Gasteiger partial charge on any atom is -0.395 e. The first-order valence-corrected chi connectivity index (χ1v) is 9.36. The van der Waals surface area contributed by atoms with Gasteiger partial charge in [-0.05, 0) is 36.1 Å². The van der Waals surface area contributed by atoms with Gasteiger partial charge in [0.15, 0.2) is 0 Å². The summed E-state index contributed by atoms with van der Waals surface area (Å²) in [6.07, 6.45) is 2.36. The summed E-state index contributed by atoms with van der Waals surface area (Å²) in [4.78, 5) is 2.37. The van der Waals surface area contributed by atoms with Crippen LogP contribution in [-0.4, -0.2) is 29.2 Å². The van der Waals surface area contributed by atoms with Crippen LogP contribution in [0.3, 0.4) is 0 Å². The summed E-state index contributed by atoms with van der Waals surface area (Å²) in [5.41, 5.74) is 3.89. The van der Waals surface area contributed by atoms with Crippen LogP contribution >= 0.6 is 0 Å². The Kier molecular flexibility index (Phi) is 7.00. The van der Waals surface area contributed by atoms with E-state index >= 15 is 0 Å². The first kappa shape index (κ1) is 18.4. The highest BCUT2D eigenvalue weighted by atomic mass is 16.3. The Morgan fingerprint density at radius 3 is 1.73 bits per heavy atom. The fraction of sp³-hybridized carbons (Fsp3) is 0.250. The lowest BCUT2D eigenvalue weighted by molar-refractivity contribution is 0.153. The zero-order valence-electron chi connectivity index (χ0n) is 15.2. The number of benzene rings is 3. The van der Waals surface area contributed by atoms with Crippen molar-refractivity contribution < 1.29 is 5.11 Å². The Bertz CT molecular complexity index is 705. The zero-order valence-corrected chi connectivity index (χ0v) is 15.2. The number of aliphatic hydroxyl groups is 1. The van der Waals surface area contributed by atoms with Gasteiger partial charge in [-0.1, -0.05) is 91.0 Å². The van der Waals surface area contributed by atoms with Crippen molar-refractivity contribution in [2.45, 2.75) is 25.4 Å². The molecule has 2 nitrogen and oxygen atoms in total. The Balaban J connectivity index is 0.000000152. The lowest BCUT2D eigenvalue weighted by atomic mass is 10.1. The van der Waals surface area contributed by atoms with Gasteiger partial charge in [-0.25, -0.2) is 0 Å². The lowest BCUT2D eigenvalue weighted by Crippen LogP contribution is -2.31. The molecule has 0 bridgehead atoms. The molecular formula is C24H27NO. The molecule has 4 rings (SSSR count). The maximum atomic E-state index is 9.17. The molecule has 0 saturated carbocycles. The third-order valence-corrected chi connectivity index (χ3v) is 4.82. The summed E-state index contributed by atoms with van der Waals surface area (Å²) in [5.74, 6) is 0. The first-order chi connectivity index (χ1) is 12.9. The summed E-state index contributed by atoms with van der Waals surface area (Å²) in [6.45, 7) is 2.40. The molecule has 0 radical (unpaired) electrons. The molecule has 134 valence electrons. The number of aliphatic hydroxyl groups excluding tert-OH is 1. The first-order valence-electron chi connectivity index (χ1n) is 9.36. The van der Waals surface area contributed by atoms with Crippen molar-refractivity contribution in [2.24, 2.45) is 0 Å². The predicted octanol–water partition coefficient (Wildman–Crippen LogP) is 5.00. The maximum absolute atomic E-state index is 9.17. The van der Waals surface area contributed by atoms with Crippen LogP contribution in [0.2, 0.25) is 0 Å². The minimum atomic E-state index is 0.298. The second-order valence-electron chi connectivity index (χ2n) is 6.67. The van der Waals surface area contributed by atoms with Crippen LogP contribution in [0, 0.1) is 0 Å². The molecule has 3 aromatic rings. The number of likely N-dealkylation sites (tertiary alicyclic amines) is 1. The third kappa shape index (κ3) is 5.29. The normalized spacial score (nSPS) is 16.7. The quantitative estimate of drug-likeness (QED) is 0.719. The summed E-state index contributed by atoms with van der Waals surface area (Å²) in [5, 5.41) is 9.17. The average molecular weight is 345 g/mol. The molecule has 1 N–H and O–H groups in total. The van der Waals surface area contributed by atoms with E-state index in [-0.39, 0.29) is 0 Å². The van der Waals surface area contributed by atoms with Gasteiger partial charge in [-0.2, -0.15) is 0 Å². The SMILES string of the molecule is OCC1CCCN1Cc1ccccc1.c1ccc(-c2ccccc2)cc1. The minimum absolute atomic E-state index is 0.298. The monoisotopic (exact) mass is 345 g/mol. The fourth-order valence-electron chi connectivity index (χ4n) is 3.39. The van der Waals surface area contributed by atoms with Gasteiger partial charge in [0.1, 0.15) is 0 Å². The molecule has 26 heavy (non-hydrogen) atoms. The van der Waals surface area contributed by atoms with Crippen LogP contribution in [0.5, 0.6) is 0 Å². The summed E-state index contributed by atoms with van der Waals surface area (Å²) < 4.78 is 0. The van der Waals surface area contributed by atoms with E-state index in [4.69, 9.17) is 0 Å². The largest absolute Gasteiger partial charge is 0.395 e. The Labute approximate surface area is 156 Å². The van der Waals surface area contributed by atoms with E-state index in [1.165, 1.54) is 23.1 Å². The second kappa shape index (κ2) is 9.91. The zero-order chi connectivity index (χ0) is 18.0. The number of rotatable bonds is 4. The maximum Gasteiger partial charge on any atom is 0.0587 e. The van der Waals surface area contributed by atoms with E-state index in [1.54, 1.807) is 0 Å². The molecule has 2 heteroatoms. The fourth-order valence-corrected chi connectivity index (χ4v) is 3.39. The van der Waals surface area contributed by atoms with Gasteiger partial charge in [0, 0.05) is 12.6 Å². The molecule has 0 amide bonds. The lowest BCUT2D eigenvalue weighted by Gasteiger charge is -2.22. The van der Waals surface area contributed by atoms with E-state index in [0.29, 0.717) is 12.6 Å². The van der Waals surface area contributed by atoms with Crippen molar-refractivity contribution in [3.63, 3.8) is 0 Å². The van der Waals surface area contributed by atoms with E-state index < -0.39 is 0 Å². The molecular weight excluding hydrogens is 318 g/mol. The topological polar surface area (TPSA) is 23.5 Å². The van der Waals surface area contributed by atoms with Crippen LogP contribution in [0.15, 0.2) is 91.0 Å². The van der Waals surface area contributed by atoms with Crippen LogP contribution in [-0.2, 0) is 6.54 Å². The molecule has 1 fully saturated rings. The van der Waals surface area contributed by atoms with Crippen LogP contribution in [0.25, 0.3) is 11.1 Å². The molecule has 1 aliphatic heterocycles. The highest BCUT2D eigenvalue weighted by molar-refractivity contribution is 5.62. The van der Waals surface area contributed by atoms with Crippen molar-refractivity contribution in [3.8, 4) is 11.1 Å². The van der Waals surface area contributed by atoms with Crippen LogP contribution < -0.4 is 0 Å². The van der Waals surface area contributed by atoms with Crippen LogP contribution in [0.4, 0.5) is 0 Å². The van der Waals surface area contributed by atoms with Gasteiger partial charge in [-0.15, -0.1) is 0 Å². The number of nitrogens with zero attached hydrogens (tertiary/aromatic N) is 1. The second-order valence-corrected chi connectivity index (χ2v) is 6.67. The number of hydrogen-bond donors (Lipinski definition) is 1. The van der Waals surface area contributed by atoms with Gasteiger partial charge in [0.25, 0.3) is 0 Å². The highest BCUT2D eigenvalue weighted by Crippen LogP contribution is 2.19. The average Bonchev–Trinajstić information content (AvgIpc) is 3.18. The molecule has 1 unspecified atom stereocenters. The van der Waals surface area contributed by atoms with Crippen molar-refractivity contribution >= 4 is 0 Å². The van der Waals surface area contributed by atoms with Crippen molar-refractivity contribution in [1.82, 2.24) is 4.90 Å². The van der Waals surface area contributed by atoms with E-state index in [0.717, 1.165) is 19.5 Å². The Hall–Kier alpha value is -2.42. The Morgan fingerprint density at radius 2 is 1.23 bits per heavy atom.